The minimum Gasteiger partial charge on any atom is -0.494 e. The van der Waals surface area contributed by atoms with E-state index in [1.54, 1.807) is 0 Å². The zero-order chi connectivity index (χ0) is 11.4. The predicted octanol–water partition coefficient (Wildman–Crippen LogP) is 4.51. The lowest BCUT2D eigenvalue weighted by atomic mass is 10.1. The molecular formula is C14H13BrO. The molecule has 0 unspecified atom stereocenters. The summed E-state index contributed by atoms with van der Waals surface area (Å²) in [5.74, 6) is 0.918. The molecule has 0 aromatic heterocycles. The standard InChI is InChI=1S/C14H13BrO/c1-2-16-14-8-6-11(7-9-14)12-4-3-5-13(15)10-12/h3-10H,2H2,1H3. The summed E-state index contributed by atoms with van der Waals surface area (Å²) in [5.41, 5.74) is 2.40. The van der Waals surface area contributed by atoms with Crippen LogP contribution in [-0.2, 0) is 0 Å². The summed E-state index contributed by atoms with van der Waals surface area (Å²) in [5, 5.41) is 0. The molecule has 0 bridgehead atoms. The molecule has 0 fully saturated rings. The Morgan fingerprint density at radius 3 is 2.38 bits per heavy atom. The topological polar surface area (TPSA) is 9.23 Å². The molecule has 2 aromatic rings. The molecule has 0 amide bonds. The zero-order valence-corrected chi connectivity index (χ0v) is 10.7. The first-order chi connectivity index (χ1) is 7.79. The van der Waals surface area contributed by atoms with Crippen LogP contribution in [0.1, 0.15) is 6.92 Å². The molecule has 0 radical (unpaired) electrons. The first kappa shape index (κ1) is 11.2. The van der Waals surface area contributed by atoms with Gasteiger partial charge in [0, 0.05) is 4.47 Å². The van der Waals surface area contributed by atoms with Gasteiger partial charge in [-0.05, 0) is 42.3 Å². The normalized spacial score (nSPS) is 10.1. The van der Waals surface area contributed by atoms with Crippen LogP contribution < -0.4 is 4.74 Å². The second kappa shape index (κ2) is 5.17. The van der Waals surface area contributed by atoms with Crippen molar-refractivity contribution >= 4 is 15.9 Å². The van der Waals surface area contributed by atoms with E-state index in [-0.39, 0.29) is 0 Å². The van der Waals surface area contributed by atoms with Gasteiger partial charge in [-0.25, -0.2) is 0 Å². The lowest BCUT2D eigenvalue weighted by molar-refractivity contribution is 0.340. The molecule has 1 nitrogen and oxygen atoms in total. The maximum atomic E-state index is 5.41. The summed E-state index contributed by atoms with van der Waals surface area (Å²) in [6, 6.07) is 16.4. The zero-order valence-electron chi connectivity index (χ0n) is 9.11. The van der Waals surface area contributed by atoms with Crippen molar-refractivity contribution in [2.24, 2.45) is 0 Å². The molecule has 16 heavy (non-hydrogen) atoms. The predicted molar refractivity (Wildman–Crippen MR) is 70.7 cm³/mol. The number of hydrogen-bond donors (Lipinski definition) is 0. The highest BCUT2D eigenvalue weighted by Crippen LogP contribution is 2.24. The number of halogens is 1. The Bertz CT molecular complexity index is 462. The molecule has 0 aliphatic rings. The van der Waals surface area contributed by atoms with Gasteiger partial charge in [-0.2, -0.15) is 0 Å². The minimum atomic E-state index is 0.705. The largest absolute Gasteiger partial charge is 0.494 e. The summed E-state index contributed by atoms with van der Waals surface area (Å²) in [6.07, 6.45) is 0. The molecule has 0 aliphatic carbocycles. The van der Waals surface area contributed by atoms with E-state index in [0.717, 1.165) is 10.2 Å². The third kappa shape index (κ3) is 2.64. The van der Waals surface area contributed by atoms with Gasteiger partial charge in [0.05, 0.1) is 6.61 Å². The maximum absolute atomic E-state index is 5.41. The van der Waals surface area contributed by atoms with Crippen LogP contribution in [0.3, 0.4) is 0 Å². The molecule has 0 atom stereocenters. The summed E-state index contributed by atoms with van der Waals surface area (Å²) in [7, 11) is 0. The van der Waals surface area contributed by atoms with Crippen molar-refractivity contribution in [1.29, 1.82) is 0 Å². The molecule has 0 saturated heterocycles. The Morgan fingerprint density at radius 1 is 1.00 bits per heavy atom. The smallest absolute Gasteiger partial charge is 0.119 e. The van der Waals surface area contributed by atoms with E-state index in [0.29, 0.717) is 6.61 Å². The first-order valence-corrected chi connectivity index (χ1v) is 6.07. The lowest BCUT2D eigenvalue weighted by Gasteiger charge is -2.05. The van der Waals surface area contributed by atoms with Crippen molar-refractivity contribution in [2.45, 2.75) is 6.92 Å². The van der Waals surface area contributed by atoms with Crippen molar-refractivity contribution in [2.75, 3.05) is 6.61 Å². The Morgan fingerprint density at radius 2 is 1.75 bits per heavy atom. The van der Waals surface area contributed by atoms with E-state index in [9.17, 15) is 0 Å². The van der Waals surface area contributed by atoms with E-state index < -0.39 is 0 Å². The van der Waals surface area contributed by atoms with Crippen LogP contribution in [-0.4, -0.2) is 6.61 Å². The monoisotopic (exact) mass is 276 g/mol. The Hall–Kier alpha value is -1.28. The van der Waals surface area contributed by atoms with Gasteiger partial charge in [-0.3, -0.25) is 0 Å². The van der Waals surface area contributed by atoms with Gasteiger partial charge >= 0.3 is 0 Å². The Balaban J connectivity index is 2.27. The highest BCUT2D eigenvalue weighted by Gasteiger charge is 1.98. The highest BCUT2D eigenvalue weighted by molar-refractivity contribution is 9.10. The average molecular weight is 277 g/mol. The Labute approximate surface area is 104 Å². The highest BCUT2D eigenvalue weighted by atomic mass is 79.9. The van der Waals surface area contributed by atoms with Gasteiger partial charge in [0.1, 0.15) is 5.75 Å². The van der Waals surface area contributed by atoms with Crippen molar-refractivity contribution in [3.63, 3.8) is 0 Å². The second-order valence-corrected chi connectivity index (χ2v) is 4.38. The van der Waals surface area contributed by atoms with Crippen molar-refractivity contribution in [3.8, 4) is 16.9 Å². The van der Waals surface area contributed by atoms with Crippen LogP contribution in [0.4, 0.5) is 0 Å². The first-order valence-electron chi connectivity index (χ1n) is 5.28. The second-order valence-electron chi connectivity index (χ2n) is 3.47. The van der Waals surface area contributed by atoms with E-state index >= 15 is 0 Å². The van der Waals surface area contributed by atoms with Crippen LogP contribution >= 0.6 is 15.9 Å². The molecule has 2 rings (SSSR count). The summed E-state index contributed by atoms with van der Waals surface area (Å²) in [4.78, 5) is 0. The van der Waals surface area contributed by atoms with Gasteiger partial charge in [-0.15, -0.1) is 0 Å². The third-order valence-electron chi connectivity index (χ3n) is 2.32. The summed E-state index contributed by atoms with van der Waals surface area (Å²) in [6.45, 7) is 2.69. The van der Waals surface area contributed by atoms with Crippen LogP contribution in [0.25, 0.3) is 11.1 Å². The van der Waals surface area contributed by atoms with E-state index in [2.05, 4.69) is 40.2 Å². The van der Waals surface area contributed by atoms with Crippen LogP contribution in [0.5, 0.6) is 5.75 Å². The van der Waals surface area contributed by atoms with Crippen molar-refractivity contribution < 1.29 is 4.74 Å². The van der Waals surface area contributed by atoms with Gasteiger partial charge in [-0.1, -0.05) is 40.2 Å². The lowest BCUT2D eigenvalue weighted by Crippen LogP contribution is -1.90. The fourth-order valence-electron chi connectivity index (χ4n) is 1.58. The van der Waals surface area contributed by atoms with E-state index in [1.807, 2.05) is 31.2 Å². The van der Waals surface area contributed by atoms with E-state index in [1.165, 1.54) is 11.1 Å². The number of benzene rings is 2. The van der Waals surface area contributed by atoms with Gasteiger partial charge < -0.3 is 4.74 Å². The molecule has 82 valence electrons. The maximum Gasteiger partial charge on any atom is 0.119 e. The molecule has 0 N–H and O–H groups in total. The molecular weight excluding hydrogens is 264 g/mol. The SMILES string of the molecule is CCOc1ccc(-c2cccc(Br)c2)cc1. The molecule has 0 saturated carbocycles. The number of ether oxygens (including phenoxy) is 1. The number of hydrogen-bond acceptors (Lipinski definition) is 1. The van der Waals surface area contributed by atoms with Crippen LogP contribution in [0, 0.1) is 0 Å². The molecule has 0 spiro atoms. The molecule has 0 aliphatic heterocycles. The Kier molecular flexibility index (Phi) is 3.62. The average Bonchev–Trinajstić information content (AvgIpc) is 2.30. The van der Waals surface area contributed by atoms with E-state index in [4.69, 9.17) is 4.74 Å². The summed E-state index contributed by atoms with van der Waals surface area (Å²) >= 11 is 3.47. The third-order valence-corrected chi connectivity index (χ3v) is 2.82. The van der Waals surface area contributed by atoms with Crippen LogP contribution in [0.15, 0.2) is 53.0 Å². The molecule has 2 aromatic carbocycles. The van der Waals surface area contributed by atoms with Gasteiger partial charge in [0.2, 0.25) is 0 Å². The van der Waals surface area contributed by atoms with Crippen molar-refractivity contribution in [1.82, 2.24) is 0 Å². The van der Waals surface area contributed by atoms with Gasteiger partial charge in [0.25, 0.3) is 0 Å². The van der Waals surface area contributed by atoms with Crippen LogP contribution in [0.2, 0.25) is 0 Å². The van der Waals surface area contributed by atoms with Gasteiger partial charge in [0.15, 0.2) is 0 Å². The summed E-state index contributed by atoms with van der Waals surface area (Å²) < 4.78 is 6.51. The molecule has 2 heteroatoms. The molecule has 0 heterocycles. The number of rotatable bonds is 3. The quantitative estimate of drug-likeness (QED) is 0.801. The fraction of sp³-hybridized carbons (Fsp3) is 0.143. The van der Waals surface area contributed by atoms with Crippen molar-refractivity contribution in [3.05, 3.63) is 53.0 Å². The fourth-order valence-corrected chi connectivity index (χ4v) is 1.98. The minimum absolute atomic E-state index is 0.705.